The Balaban J connectivity index is 1.78. The second-order valence-electron chi connectivity index (χ2n) is 13.8. The quantitative estimate of drug-likeness (QED) is 0.105. The van der Waals surface area contributed by atoms with Gasteiger partial charge in [0.25, 0.3) is 5.91 Å². The lowest BCUT2D eigenvalue weighted by atomic mass is 9.89. The van der Waals surface area contributed by atoms with E-state index in [1.54, 1.807) is 52.8 Å². The lowest BCUT2D eigenvalue weighted by Gasteiger charge is -2.26. The average Bonchev–Trinajstić information content (AvgIpc) is 2.96. The molecule has 0 radical (unpaired) electrons. The maximum Gasteiger partial charge on any atom is 0.267 e. The second kappa shape index (κ2) is 19.6. The minimum absolute atomic E-state index is 0.173. The molecular formula is C38H57ClN2O4. The van der Waals surface area contributed by atoms with Gasteiger partial charge in [0.1, 0.15) is 11.5 Å². The predicted octanol–water partition coefficient (Wildman–Crippen LogP) is 10.7. The number of anilines is 2. The van der Waals surface area contributed by atoms with Gasteiger partial charge in [-0.2, -0.15) is 0 Å². The van der Waals surface area contributed by atoms with Crippen molar-refractivity contribution in [2.45, 2.75) is 143 Å². The molecule has 0 bridgehead atoms. The number of nitrogens with one attached hydrogen (secondary N) is 2. The Bertz CT molecular complexity index is 1220. The summed E-state index contributed by atoms with van der Waals surface area (Å²) in [6.45, 7) is 11.0. The van der Waals surface area contributed by atoms with E-state index in [4.69, 9.17) is 16.3 Å². The summed E-state index contributed by atoms with van der Waals surface area (Å²) >= 11 is 6.28. The van der Waals surface area contributed by atoms with Gasteiger partial charge >= 0.3 is 0 Å². The number of hydrogen-bond donors (Lipinski definition) is 2. The van der Waals surface area contributed by atoms with E-state index in [1.807, 2.05) is 18.2 Å². The van der Waals surface area contributed by atoms with Crippen molar-refractivity contribution >= 4 is 40.6 Å². The number of amides is 2. The molecule has 0 heterocycles. The number of hydrogen-bond acceptors (Lipinski definition) is 4. The van der Waals surface area contributed by atoms with Crippen LogP contribution < -0.4 is 15.4 Å². The van der Waals surface area contributed by atoms with Gasteiger partial charge in [-0.05, 0) is 62.6 Å². The fourth-order valence-electron chi connectivity index (χ4n) is 5.04. The highest BCUT2D eigenvalue weighted by Crippen LogP contribution is 2.28. The molecule has 2 aromatic rings. The summed E-state index contributed by atoms with van der Waals surface area (Å²) in [6, 6.07) is 12.8. The van der Waals surface area contributed by atoms with Gasteiger partial charge in [0.05, 0.1) is 17.1 Å². The Kier molecular flexibility index (Phi) is 16.7. The summed E-state index contributed by atoms with van der Waals surface area (Å²) in [6.07, 6.45) is 18.1. The lowest BCUT2D eigenvalue weighted by Crippen LogP contribution is -2.42. The SMILES string of the molecule is CCCCCCCCCCCCCCCc1cccc(OC(C)(C)C(=O)Nc2ccc(Cl)c(NC(=O)CC(=O)C(C)(C)C)c2)c1. The molecule has 0 saturated carbocycles. The molecule has 0 aromatic heterocycles. The zero-order chi connectivity index (χ0) is 33.3. The number of halogens is 1. The predicted molar refractivity (Wildman–Crippen MR) is 188 cm³/mol. The third kappa shape index (κ3) is 15.3. The molecule has 0 aliphatic rings. The van der Waals surface area contributed by atoms with Crippen molar-refractivity contribution in [3.8, 4) is 5.75 Å². The summed E-state index contributed by atoms with van der Waals surface area (Å²) in [4.78, 5) is 37.9. The van der Waals surface area contributed by atoms with Gasteiger partial charge in [0.15, 0.2) is 5.60 Å². The van der Waals surface area contributed by atoms with Crippen molar-refractivity contribution in [1.82, 2.24) is 0 Å². The lowest BCUT2D eigenvalue weighted by molar-refractivity contribution is -0.131. The van der Waals surface area contributed by atoms with Gasteiger partial charge in [-0.25, -0.2) is 0 Å². The summed E-state index contributed by atoms with van der Waals surface area (Å²) in [5.41, 5.74) is 0.204. The first-order valence-corrected chi connectivity index (χ1v) is 17.4. The molecular weight excluding hydrogens is 584 g/mol. The molecule has 0 aliphatic heterocycles. The Morgan fingerprint density at radius 1 is 0.733 bits per heavy atom. The number of rotatable bonds is 21. The van der Waals surface area contributed by atoms with Gasteiger partial charge in [-0.15, -0.1) is 0 Å². The molecule has 6 nitrogen and oxygen atoms in total. The first kappa shape index (κ1) is 38.3. The molecule has 0 spiro atoms. The average molecular weight is 641 g/mol. The molecule has 0 saturated heterocycles. The van der Waals surface area contributed by atoms with Crippen LogP contribution in [0.1, 0.15) is 137 Å². The van der Waals surface area contributed by atoms with Crippen molar-refractivity contribution < 1.29 is 19.1 Å². The van der Waals surface area contributed by atoms with E-state index < -0.39 is 16.9 Å². The molecule has 2 N–H and O–H groups in total. The number of ether oxygens (including phenoxy) is 1. The molecule has 2 amide bonds. The van der Waals surface area contributed by atoms with E-state index in [0.717, 1.165) is 12.8 Å². The minimum Gasteiger partial charge on any atom is -0.478 e. The van der Waals surface area contributed by atoms with Gasteiger partial charge in [0, 0.05) is 11.1 Å². The molecule has 0 aliphatic carbocycles. The molecule has 0 fully saturated rings. The summed E-state index contributed by atoms with van der Waals surface area (Å²) < 4.78 is 6.14. The third-order valence-electron chi connectivity index (χ3n) is 8.04. The maximum atomic E-state index is 13.2. The van der Waals surface area contributed by atoms with Crippen molar-refractivity contribution in [2.24, 2.45) is 5.41 Å². The van der Waals surface area contributed by atoms with Crippen molar-refractivity contribution in [3.05, 3.63) is 53.1 Å². The fourth-order valence-corrected chi connectivity index (χ4v) is 5.20. The standard InChI is InChI=1S/C38H57ClN2O4/c1-7-8-9-10-11-12-13-14-15-16-17-18-19-21-29-22-20-23-31(26-29)45-38(5,6)36(44)40-30-24-25-32(39)33(27-30)41-35(43)28-34(42)37(2,3)4/h20,22-27H,7-19,21,28H2,1-6H3,(H,40,44)(H,41,43). The Morgan fingerprint density at radius 3 is 1.89 bits per heavy atom. The number of carbonyl (C=O) groups excluding carboxylic acids is 3. The Labute approximate surface area is 277 Å². The van der Waals surface area contributed by atoms with Crippen LogP contribution in [0.4, 0.5) is 11.4 Å². The normalized spacial score (nSPS) is 11.7. The topological polar surface area (TPSA) is 84.5 Å². The summed E-state index contributed by atoms with van der Waals surface area (Å²) in [5.74, 6) is -0.322. The van der Waals surface area contributed by atoms with Crippen LogP contribution in [0.25, 0.3) is 0 Å². The van der Waals surface area contributed by atoms with Crippen molar-refractivity contribution in [3.63, 3.8) is 0 Å². The van der Waals surface area contributed by atoms with Crippen LogP contribution >= 0.6 is 11.6 Å². The molecule has 250 valence electrons. The first-order valence-electron chi connectivity index (χ1n) is 17.0. The highest BCUT2D eigenvalue weighted by atomic mass is 35.5. The monoisotopic (exact) mass is 640 g/mol. The van der Waals surface area contributed by atoms with Crippen LogP contribution in [0.15, 0.2) is 42.5 Å². The molecule has 7 heteroatoms. The molecule has 2 rings (SSSR count). The number of unbranched alkanes of at least 4 members (excludes halogenated alkanes) is 12. The van der Waals surface area contributed by atoms with Crippen LogP contribution in [0, 0.1) is 5.41 Å². The van der Waals surface area contributed by atoms with Gasteiger partial charge in [0.2, 0.25) is 5.91 Å². The second-order valence-corrected chi connectivity index (χ2v) is 14.2. The number of ketones is 1. The molecule has 45 heavy (non-hydrogen) atoms. The number of benzene rings is 2. The summed E-state index contributed by atoms with van der Waals surface area (Å²) in [7, 11) is 0. The fraction of sp³-hybridized carbons (Fsp3) is 0.605. The van der Waals surface area contributed by atoms with Crippen molar-refractivity contribution in [2.75, 3.05) is 10.6 Å². The smallest absolute Gasteiger partial charge is 0.267 e. The Morgan fingerprint density at radius 2 is 1.31 bits per heavy atom. The van der Waals surface area contributed by atoms with Crippen LogP contribution in [-0.2, 0) is 20.8 Å². The zero-order valence-corrected chi connectivity index (χ0v) is 29.4. The maximum absolute atomic E-state index is 13.2. The Hall–Kier alpha value is -2.86. The van der Waals surface area contributed by atoms with E-state index in [1.165, 1.54) is 82.6 Å². The number of Topliss-reactive ketones (excluding diaryl/α,β-unsaturated/α-hetero) is 1. The van der Waals surface area contributed by atoms with E-state index in [0.29, 0.717) is 22.1 Å². The molecule has 2 aromatic carbocycles. The van der Waals surface area contributed by atoms with Crippen LogP contribution in [-0.4, -0.2) is 23.2 Å². The third-order valence-corrected chi connectivity index (χ3v) is 8.37. The van der Waals surface area contributed by atoms with Gasteiger partial charge in [-0.3, -0.25) is 14.4 Å². The van der Waals surface area contributed by atoms with Crippen LogP contribution in [0.2, 0.25) is 5.02 Å². The highest BCUT2D eigenvalue weighted by molar-refractivity contribution is 6.34. The van der Waals surface area contributed by atoms with E-state index >= 15 is 0 Å². The van der Waals surface area contributed by atoms with E-state index in [2.05, 4.69) is 23.6 Å². The minimum atomic E-state index is -1.16. The van der Waals surface area contributed by atoms with Crippen LogP contribution in [0.3, 0.4) is 0 Å². The number of carbonyl (C=O) groups is 3. The van der Waals surface area contributed by atoms with Gasteiger partial charge in [-0.1, -0.05) is 128 Å². The van der Waals surface area contributed by atoms with Crippen molar-refractivity contribution in [1.29, 1.82) is 0 Å². The number of aryl methyl sites for hydroxylation is 1. The first-order chi connectivity index (χ1) is 21.3. The zero-order valence-electron chi connectivity index (χ0n) is 28.7. The molecule has 0 atom stereocenters. The summed E-state index contributed by atoms with van der Waals surface area (Å²) in [5, 5.41) is 5.85. The van der Waals surface area contributed by atoms with Crippen LogP contribution in [0.5, 0.6) is 5.75 Å². The highest BCUT2D eigenvalue weighted by Gasteiger charge is 2.30. The van der Waals surface area contributed by atoms with Gasteiger partial charge < -0.3 is 15.4 Å². The largest absolute Gasteiger partial charge is 0.478 e. The van der Waals surface area contributed by atoms with E-state index in [-0.39, 0.29) is 18.1 Å². The van der Waals surface area contributed by atoms with E-state index in [9.17, 15) is 14.4 Å². The molecule has 0 unspecified atom stereocenters.